The van der Waals surface area contributed by atoms with E-state index >= 15 is 0 Å². The van der Waals surface area contributed by atoms with Gasteiger partial charge in [0.2, 0.25) is 0 Å². The molecule has 0 aliphatic carbocycles. The van der Waals surface area contributed by atoms with Crippen molar-refractivity contribution in [3.05, 3.63) is 107 Å². The summed E-state index contributed by atoms with van der Waals surface area (Å²) < 4.78 is 5.23. The number of nitrogens with zero attached hydrogens (tertiary/aromatic N) is 1. The molecule has 1 aliphatic heterocycles. The zero-order chi connectivity index (χ0) is 24.9. The molecule has 0 saturated heterocycles. The van der Waals surface area contributed by atoms with Gasteiger partial charge >= 0.3 is 5.97 Å². The first-order valence-electron chi connectivity index (χ1n) is 11.6. The van der Waals surface area contributed by atoms with Crippen molar-refractivity contribution in [2.24, 2.45) is 0 Å². The van der Waals surface area contributed by atoms with Crippen LogP contribution in [0.15, 0.2) is 90.2 Å². The van der Waals surface area contributed by atoms with Gasteiger partial charge in [0.05, 0.1) is 11.6 Å². The van der Waals surface area contributed by atoms with E-state index in [4.69, 9.17) is 4.74 Å². The van der Waals surface area contributed by atoms with Crippen molar-refractivity contribution in [2.75, 3.05) is 4.90 Å². The molecular weight excluding hydrogens is 442 g/mol. The molecule has 6 nitrogen and oxygen atoms in total. The maximum Gasteiger partial charge on any atom is 0.308 e. The average Bonchev–Trinajstić information content (AvgIpc) is 3.13. The number of anilines is 1. The summed E-state index contributed by atoms with van der Waals surface area (Å²) in [7, 11) is 0. The number of amides is 1. The van der Waals surface area contributed by atoms with Crippen LogP contribution >= 0.6 is 0 Å². The van der Waals surface area contributed by atoms with Crippen LogP contribution in [0.3, 0.4) is 0 Å². The third-order valence-corrected chi connectivity index (χ3v) is 6.05. The van der Waals surface area contributed by atoms with Gasteiger partial charge in [-0.05, 0) is 53.8 Å². The van der Waals surface area contributed by atoms with Crippen LogP contribution in [0.25, 0.3) is 0 Å². The van der Waals surface area contributed by atoms with Crippen LogP contribution in [-0.2, 0) is 27.2 Å². The number of aliphatic hydroxyl groups is 1. The maximum absolute atomic E-state index is 13.4. The van der Waals surface area contributed by atoms with Gasteiger partial charge in [-0.3, -0.25) is 19.3 Å². The molecule has 178 valence electrons. The Bertz CT molecular complexity index is 1280. The zero-order valence-corrected chi connectivity index (χ0v) is 19.7. The fraction of sp³-hybridized carbons (Fsp3) is 0.207. The highest BCUT2D eigenvalue weighted by atomic mass is 16.5. The predicted octanol–water partition coefficient (Wildman–Crippen LogP) is 5.28. The second kappa shape index (κ2) is 10.4. The molecule has 0 fully saturated rings. The summed E-state index contributed by atoms with van der Waals surface area (Å²) in [5, 5.41) is 10.9. The molecule has 1 N–H and O–H groups in total. The standard InChI is InChI=1S/C29H27NO5/c1-3-20-12-15-23(16-13-20)30-27(22-10-7-11-24(18-22)35-19(2)31)26(28(33)29(30)34)25(32)17-14-21-8-5-4-6-9-21/h4-13,15-16,18,27,33H,3,14,17H2,1-2H3. The molecule has 1 unspecified atom stereocenters. The molecule has 35 heavy (non-hydrogen) atoms. The van der Waals surface area contributed by atoms with Gasteiger partial charge in [-0.25, -0.2) is 0 Å². The molecule has 1 aliphatic rings. The maximum atomic E-state index is 13.4. The minimum absolute atomic E-state index is 0.0467. The van der Waals surface area contributed by atoms with Gasteiger partial charge in [0, 0.05) is 19.0 Å². The largest absolute Gasteiger partial charge is 0.503 e. The first-order chi connectivity index (χ1) is 16.9. The lowest BCUT2D eigenvalue weighted by atomic mass is 9.93. The molecule has 1 atom stereocenters. The lowest BCUT2D eigenvalue weighted by molar-refractivity contribution is -0.132. The van der Waals surface area contributed by atoms with Gasteiger partial charge in [-0.1, -0.05) is 61.5 Å². The molecule has 3 aromatic carbocycles. The van der Waals surface area contributed by atoms with Crippen molar-refractivity contribution in [3.8, 4) is 5.75 Å². The Morgan fingerprint density at radius 2 is 1.66 bits per heavy atom. The number of Topliss-reactive ketones (excluding diaryl/α,β-unsaturated/α-hetero) is 1. The summed E-state index contributed by atoms with van der Waals surface area (Å²) in [5.74, 6) is -1.68. The van der Waals surface area contributed by atoms with E-state index in [0.717, 1.165) is 17.5 Å². The van der Waals surface area contributed by atoms with E-state index < -0.39 is 23.7 Å². The Morgan fingerprint density at radius 3 is 2.31 bits per heavy atom. The summed E-state index contributed by atoms with van der Waals surface area (Å²) in [6.07, 6.45) is 1.46. The second-order valence-electron chi connectivity index (χ2n) is 8.43. The van der Waals surface area contributed by atoms with Crippen molar-refractivity contribution >= 4 is 23.3 Å². The Morgan fingerprint density at radius 1 is 0.943 bits per heavy atom. The Labute approximate surface area is 204 Å². The first kappa shape index (κ1) is 24.0. The number of ether oxygens (including phenoxy) is 1. The van der Waals surface area contributed by atoms with Gasteiger partial charge < -0.3 is 9.84 Å². The molecule has 4 rings (SSSR count). The minimum Gasteiger partial charge on any atom is -0.503 e. The highest BCUT2D eigenvalue weighted by Crippen LogP contribution is 2.42. The molecule has 3 aromatic rings. The van der Waals surface area contributed by atoms with Crippen LogP contribution in [-0.4, -0.2) is 22.8 Å². The van der Waals surface area contributed by atoms with E-state index in [-0.39, 0.29) is 17.8 Å². The van der Waals surface area contributed by atoms with E-state index in [1.165, 1.54) is 11.8 Å². The minimum atomic E-state index is -0.853. The van der Waals surface area contributed by atoms with Gasteiger partial charge in [-0.2, -0.15) is 0 Å². The lowest BCUT2D eigenvalue weighted by Gasteiger charge is -2.27. The summed E-state index contributed by atoms with van der Waals surface area (Å²) in [5.41, 5.74) is 3.26. The lowest BCUT2D eigenvalue weighted by Crippen LogP contribution is -2.31. The van der Waals surface area contributed by atoms with Crippen LogP contribution in [0, 0.1) is 0 Å². The van der Waals surface area contributed by atoms with E-state index in [1.807, 2.05) is 61.5 Å². The quantitative estimate of drug-likeness (QED) is 0.359. The smallest absolute Gasteiger partial charge is 0.308 e. The average molecular weight is 470 g/mol. The number of esters is 1. The van der Waals surface area contributed by atoms with Gasteiger partial charge in [0.1, 0.15) is 5.75 Å². The van der Waals surface area contributed by atoms with E-state index in [1.54, 1.807) is 24.3 Å². The van der Waals surface area contributed by atoms with Crippen LogP contribution < -0.4 is 9.64 Å². The third-order valence-electron chi connectivity index (χ3n) is 6.05. The molecule has 1 heterocycles. The van der Waals surface area contributed by atoms with Crippen molar-refractivity contribution < 1.29 is 24.2 Å². The SMILES string of the molecule is CCc1ccc(N2C(=O)C(O)=C(C(=O)CCc3ccccc3)C2c2cccc(OC(C)=O)c2)cc1. The van der Waals surface area contributed by atoms with Gasteiger partial charge in [-0.15, -0.1) is 0 Å². The molecular formula is C29H27NO5. The fourth-order valence-electron chi connectivity index (χ4n) is 4.32. The fourth-order valence-corrected chi connectivity index (χ4v) is 4.32. The second-order valence-corrected chi connectivity index (χ2v) is 8.43. The Hall–Kier alpha value is -4.19. The monoisotopic (exact) mass is 469 g/mol. The predicted molar refractivity (Wildman–Crippen MR) is 133 cm³/mol. The van der Waals surface area contributed by atoms with Crippen molar-refractivity contribution in [3.63, 3.8) is 0 Å². The van der Waals surface area contributed by atoms with E-state index in [0.29, 0.717) is 23.4 Å². The number of hydrogen-bond donors (Lipinski definition) is 1. The molecule has 6 heteroatoms. The molecule has 0 saturated carbocycles. The number of benzene rings is 3. The van der Waals surface area contributed by atoms with Crippen LogP contribution in [0.4, 0.5) is 5.69 Å². The van der Waals surface area contributed by atoms with Crippen molar-refractivity contribution in [2.45, 2.75) is 39.2 Å². The van der Waals surface area contributed by atoms with E-state index in [2.05, 4.69) is 0 Å². The van der Waals surface area contributed by atoms with Crippen LogP contribution in [0.1, 0.15) is 43.0 Å². The topological polar surface area (TPSA) is 83.9 Å². The molecule has 0 spiro atoms. The van der Waals surface area contributed by atoms with E-state index in [9.17, 15) is 19.5 Å². The number of carbonyl (C=O) groups is 3. The number of aliphatic hydroxyl groups excluding tert-OH is 1. The number of rotatable bonds is 8. The van der Waals surface area contributed by atoms with Gasteiger partial charge in [0.15, 0.2) is 11.5 Å². The summed E-state index contributed by atoms with van der Waals surface area (Å²) >= 11 is 0. The Balaban J connectivity index is 1.74. The number of hydrogen-bond acceptors (Lipinski definition) is 5. The summed E-state index contributed by atoms with van der Waals surface area (Å²) in [6, 6.07) is 22.9. The molecule has 1 amide bonds. The molecule has 0 aromatic heterocycles. The van der Waals surface area contributed by atoms with Crippen LogP contribution in [0.5, 0.6) is 5.75 Å². The van der Waals surface area contributed by atoms with Crippen molar-refractivity contribution in [1.29, 1.82) is 0 Å². The normalized spacial score (nSPS) is 15.4. The highest BCUT2D eigenvalue weighted by Gasteiger charge is 2.44. The molecule has 0 bridgehead atoms. The van der Waals surface area contributed by atoms with Gasteiger partial charge in [0.25, 0.3) is 5.91 Å². The van der Waals surface area contributed by atoms with Crippen molar-refractivity contribution in [1.82, 2.24) is 0 Å². The third kappa shape index (κ3) is 5.17. The molecule has 0 radical (unpaired) electrons. The Kier molecular flexibility index (Phi) is 7.11. The number of ketones is 1. The number of aryl methyl sites for hydroxylation is 2. The highest BCUT2D eigenvalue weighted by molar-refractivity contribution is 6.16. The first-order valence-corrected chi connectivity index (χ1v) is 11.6. The zero-order valence-electron chi connectivity index (χ0n) is 19.7. The summed E-state index contributed by atoms with van der Waals surface area (Å²) in [4.78, 5) is 39.6. The van der Waals surface area contributed by atoms with Crippen LogP contribution in [0.2, 0.25) is 0 Å². The number of carbonyl (C=O) groups excluding carboxylic acids is 3. The summed E-state index contributed by atoms with van der Waals surface area (Å²) in [6.45, 7) is 3.34.